The van der Waals surface area contributed by atoms with Crippen molar-refractivity contribution in [1.29, 1.82) is 0 Å². The molecule has 0 bridgehead atoms. The second kappa shape index (κ2) is 4.62. The summed E-state index contributed by atoms with van der Waals surface area (Å²) in [6, 6.07) is 10.3. The van der Waals surface area contributed by atoms with E-state index in [4.69, 9.17) is 9.15 Å². The number of carbonyl (C=O) groups is 1. The predicted octanol–water partition coefficient (Wildman–Crippen LogP) is 2.15. The molecule has 1 saturated heterocycles. The Morgan fingerprint density at radius 1 is 1.28 bits per heavy atom. The summed E-state index contributed by atoms with van der Waals surface area (Å²) in [6.07, 6.45) is 3.75. The summed E-state index contributed by atoms with van der Waals surface area (Å²) in [4.78, 5) is 12.6. The van der Waals surface area contributed by atoms with Gasteiger partial charge in [-0.2, -0.15) is 4.31 Å². The topological polar surface area (TPSA) is 76.6 Å². The van der Waals surface area contributed by atoms with Crippen molar-refractivity contribution < 1.29 is 22.4 Å². The average molecular weight is 357 g/mol. The fourth-order valence-electron chi connectivity index (χ4n) is 4.43. The van der Waals surface area contributed by atoms with Crippen LogP contribution in [0.1, 0.15) is 23.7 Å². The maximum Gasteiger partial charge on any atom is 0.334 e. The fraction of sp³-hybridized carbons (Fsp3) is 0.278. The van der Waals surface area contributed by atoms with Crippen molar-refractivity contribution in [3.63, 3.8) is 0 Å². The fourth-order valence-corrected chi connectivity index (χ4v) is 6.61. The summed E-state index contributed by atoms with van der Waals surface area (Å²) in [5.74, 6) is -0.156. The van der Waals surface area contributed by atoms with Crippen LogP contribution in [0.3, 0.4) is 0 Å². The number of carbonyl (C=O) groups excluding carboxylic acids is 1. The van der Waals surface area contributed by atoms with Crippen LogP contribution in [-0.2, 0) is 25.1 Å². The number of nitrogens with zero attached hydrogens (tertiary/aromatic N) is 1. The highest BCUT2D eigenvalue weighted by molar-refractivity contribution is 7.89. The van der Waals surface area contributed by atoms with E-state index in [2.05, 4.69) is 0 Å². The molecule has 3 heterocycles. The number of esters is 1. The molecule has 0 N–H and O–H groups in total. The van der Waals surface area contributed by atoms with Crippen molar-refractivity contribution in [1.82, 2.24) is 4.31 Å². The Morgan fingerprint density at radius 2 is 2.08 bits per heavy atom. The first-order valence-electron chi connectivity index (χ1n) is 7.99. The standard InChI is InChI=1S/C18H15NO5S/c1-23-17(20)11-9-16-18(10-12(11)14-6-4-8-24-14)13-5-2-3-7-15(13)25(21,22)19(16)18/h2-9,12,16H,10H2,1H3. The van der Waals surface area contributed by atoms with Crippen LogP contribution in [-0.4, -0.2) is 31.8 Å². The van der Waals surface area contributed by atoms with E-state index in [1.54, 1.807) is 36.6 Å². The minimum absolute atomic E-state index is 0.340. The van der Waals surface area contributed by atoms with Gasteiger partial charge in [0, 0.05) is 5.57 Å². The number of ether oxygens (including phenoxy) is 1. The summed E-state index contributed by atoms with van der Waals surface area (Å²) in [5, 5.41) is 0. The Morgan fingerprint density at radius 3 is 2.80 bits per heavy atom. The zero-order valence-electron chi connectivity index (χ0n) is 13.4. The molecule has 3 aliphatic rings. The van der Waals surface area contributed by atoms with Gasteiger partial charge in [0.1, 0.15) is 5.76 Å². The van der Waals surface area contributed by atoms with Crippen LogP contribution in [0, 0.1) is 0 Å². The van der Waals surface area contributed by atoms with Crippen LogP contribution >= 0.6 is 0 Å². The summed E-state index contributed by atoms with van der Waals surface area (Å²) in [7, 11) is -2.22. The molecule has 4 unspecified atom stereocenters. The van der Waals surface area contributed by atoms with Crippen LogP contribution in [0.5, 0.6) is 0 Å². The van der Waals surface area contributed by atoms with Crippen LogP contribution in [0.15, 0.2) is 63.6 Å². The Kier molecular flexibility index (Phi) is 2.76. The van der Waals surface area contributed by atoms with Crippen LogP contribution in [0.25, 0.3) is 0 Å². The molecule has 6 nitrogen and oxygen atoms in total. The van der Waals surface area contributed by atoms with Gasteiger partial charge in [-0.05, 0) is 30.2 Å². The number of sulfonamides is 1. The number of rotatable bonds is 2. The molecule has 0 radical (unpaired) electrons. The molecule has 0 saturated carbocycles. The summed E-state index contributed by atoms with van der Waals surface area (Å²) >= 11 is 0. The molecule has 7 heteroatoms. The number of hydrogen-bond donors (Lipinski definition) is 0. The predicted molar refractivity (Wildman–Crippen MR) is 87.1 cm³/mol. The van der Waals surface area contributed by atoms with Crippen molar-refractivity contribution in [3.05, 3.63) is 65.6 Å². The van der Waals surface area contributed by atoms with Crippen molar-refractivity contribution in [2.75, 3.05) is 7.11 Å². The molecule has 4 atom stereocenters. The molecule has 0 amide bonds. The quantitative estimate of drug-likeness (QED) is 0.608. The highest BCUT2D eigenvalue weighted by Crippen LogP contribution is 2.67. The van der Waals surface area contributed by atoms with Gasteiger partial charge in [0.15, 0.2) is 0 Å². The maximum absolute atomic E-state index is 12.9. The molecule has 128 valence electrons. The van der Waals surface area contributed by atoms with Gasteiger partial charge in [-0.25, -0.2) is 13.2 Å². The lowest BCUT2D eigenvalue weighted by Gasteiger charge is -2.25. The average Bonchev–Trinajstić information content (AvgIpc) is 2.92. The minimum Gasteiger partial charge on any atom is -0.469 e. The Labute approximate surface area is 144 Å². The lowest BCUT2D eigenvalue weighted by Crippen LogP contribution is -2.26. The van der Waals surface area contributed by atoms with Gasteiger partial charge in [-0.15, -0.1) is 0 Å². The lowest BCUT2D eigenvalue weighted by molar-refractivity contribution is -0.136. The lowest BCUT2D eigenvalue weighted by atomic mass is 9.76. The minimum atomic E-state index is -3.54. The summed E-state index contributed by atoms with van der Waals surface area (Å²) in [5.41, 5.74) is 0.636. The van der Waals surface area contributed by atoms with Crippen LogP contribution in [0.2, 0.25) is 0 Å². The summed E-state index contributed by atoms with van der Waals surface area (Å²) < 4.78 is 37.7. The first kappa shape index (κ1) is 14.9. The number of furan rings is 1. The Bertz CT molecular complexity index is 1020. The molecule has 1 aromatic heterocycles. The highest BCUT2D eigenvalue weighted by atomic mass is 32.2. The SMILES string of the molecule is COC(=O)C1=CC2N3C2(CC1c1ccco1)c1ccccc1S3(=O)=O. The van der Waals surface area contributed by atoms with Crippen molar-refractivity contribution in [3.8, 4) is 0 Å². The third kappa shape index (κ3) is 1.67. The van der Waals surface area contributed by atoms with Crippen LogP contribution in [0.4, 0.5) is 0 Å². The normalized spacial score (nSPS) is 33.6. The van der Waals surface area contributed by atoms with Gasteiger partial charge in [0.25, 0.3) is 0 Å². The number of benzene rings is 1. The Balaban J connectivity index is 1.70. The number of hydrogen-bond acceptors (Lipinski definition) is 5. The second-order valence-electron chi connectivity index (χ2n) is 6.55. The van der Waals surface area contributed by atoms with E-state index < -0.39 is 21.5 Å². The summed E-state index contributed by atoms with van der Waals surface area (Å²) in [6.45, 7) is 0. The molecule has 25 heavy (non-hydrogen) atoms. The van der Waals surface area contributed by atoms with Gasteiger partial charge >= 0.3 is 5.97 Å². The largest absolute Gasteiger partial charge is 0.469 e. The van der Waals surface area contributed by atoms with Crippen LogP contribution < -0.4 is 0 Å². The molecular weight excluding hydrogens is 342 g/mol. The first-order valence-corrected chi connectivity index (χ1v) is 9.43. The maximum atomic E-state index is 12.9. The van der Waals surface area contributed by atoms with Crippen molar-refractivity contribution >= 4 is 16.0 Å². The molecule has 1 aromatic carbocycles. The van der Waals surface area contributed by atoms with E-state index >= 15 is 0 Å². The third-order valence-electron chi connectivity index (χ3n) is 5.49. The van der Waals surface area contributed by atoms with E-state index in [0.29, 0.717) is 22.6 Å². The number of fused-ring (bicyclic) bond motifs is 2. The zero-order chi connectivity index (χ0) is 17.4. The second-order valence-corrected chi connectivity index (χ2v) is 8.34. The van der Waals surface area contributed by atoms with E-state index in [1.807, 2.05) is 12.1 Å². The Hall–Kier alpha value is -2.38. The molecule has 1 aliphatic carbocycles. The molecule has 2 aliphatic heterocycles. The molecule has 2 aromatic rings. The first-order chi connectivity index (χ1) is 12.0. The highest BCUT2D eigenvalue weighted by Gasteiger charge is 2.75. The van der Waals surface area contributed by atoms with Gasteiger partial charge < -0.3 is 9.15 Å². The van der Waals surface area contributed by atoms with Gasteiger partial charge in [0.05, 0.1) is 35.8 Å². The van der Waals surface area contributed by atoms with Gasteiger partial charge in [-0.1, -0.05) is 24.3 Å². The molecule has 1 fully saturated rings. The molecule has 5 rings (SSSR count). The smallest absolute Gasteiger partial charge is 0.334 e. The van der Waals surface area contributed by atoms with E-state index in [-0.39, 0.29) is 12.0 Å². The third-order valence-corrected chi connectivity index (χ3v) is 7.48. The molecular formula is C18H15NO5S. The van der Waals surface area contributed by atoms with Crippen molar-refractivity contribution in [2.24, 2.45) is 0 Å². The van der Waals surface area contributed by atoms with E-state index in [9.17, 15) is 13.2 Å². The van der Waals surface area contributed by atoms with E-state index in [1.165, 1.54) is 11.4 Å². The monoisotopic (exact) mass is 357 g/mol. The zero-order valence-corrected chi connectivity index (χ0v) is 14.2. The van der Waals surface area contributed by atoms with Gasteiger partial charge in [-0.3, -0.25) is 0 Å². The van der Waals surface area contributed by atoms with E-state index in [0.717, 1.165) is 5.56 Å². The van der Waals surface area contributed by atoms with Crippen molar-refractivity contribution in [2.45, 2.75) is 28.8 Å². The van der Waals surface area contributed by atoms with Gasteiger partial charge in [0.2, 0.25) is 10.0 Å². The number of methoxy groups -OCH3 is 1. The molecule has 1 spiro atoms.